The lowest BCUT2D eigenvalue weighted by atomic mass is 10.1. The molecule has 1 unspecified atom stereocenters. The van der Waals surface area contributed by atoms with Crippen molar-refractivity contribution in [3.8, 4) is 0 Å². The Balaban J connectivity index is 2.09. The number of furan rings is 1. The molecule has 25 heavy (non-hydrogen) atoms. The third-order valence-electron chi connectivity index (χ3n) is 3.91. The van der Waals surface area contributed by atoms with Crippen molar-refractivity contribution in [2.75, 3.05) is 27.7 Å². The van der Waals surface area contributed by atoms with Crippen molar-refractivity contribution in [2.45, 2.75) is 30.7 Å². The van der Waals surface area contributed by atoms with E-state index in [0.717, 1.165) is 19.4 Å². The summed E-state index contributed by atoms with van der Waals surface area (Å²) in [6, 6.07) is 6.08. The number of hydrogen-bond acceptors (Lipinski definition) is 5. The maximum Gasteiger partial charge on any atom is 0.287 e. The van der Waals surface area contributed by atoms with E-state index in [1.54, 1.807) is 12.1 Å². The van der Waals surface area contributed by atoms with Crippen molar-refractivity contribution in [3.63, 3.8) is 0 Å². The molecule has 0 aliphatic heterocycles. The lowest BCUT2D eigenvalue weighted by Crippen LogP contribution is -2.32. The Labute approximate surface area is 148 Å². The number of fused-ring (bicyclic) bond motifs is 1. The highest BCUT2D eigenvalue weighted by molar-refractivity contribution is 7.89. The van der Waals surface area contributed by atoms with Gasteiger partial charge in [0.15, 0.2) is 5.76 Å². The van der Waals surface area contributed by atoms with E-state index in [-0.39, 0.29) is 22.6 Å². The van der Waals surface area contributed by atoms with Crippen LogP contribution in [0.3, 0.4) is 0 Å². The van der Waals surface area contributed by atoms with Crippen molar-refractivity contribution < 1.29 is 17.6 Å². The lowest BCUT2D eigenvalue weighted by molar-refractivity contribution is 0.0911. The molecule has 7 nitrogen and oxygen atoms in total. The highest BCUT2D eigenvalue weighted by Crippen LogP contribution is 2.23. The van der Waals surface area contributed by atoms with Gasteiger partial charge in [0.1, 0.15) is 5.58 Å². The van der Waals surface area contributed by atoms with E-state index in [4.69, 9.17) is 4.42 Å². The number of sulfonamides is 1. The number of benzene rings is 1. The second-order valence-corrected chi connectivity index (χ2v) is 8.22. The minimum Gasteiger partial charge on any atom is -0.451 e. The van der Waals surface area contributed by atoms with Crippen LogP contribution in [0.15, 0.2) is 33.6 Å². The number of hydrogen-bond donors (Lipinski definition) is 2. The molecule has 2 aromatic rings. The summed E-state index contributed by atoms with van der Waals surface area (Å²) in [4.78, 5) is 14.5. The van der Waals surface area contributed by atoms with Gasteiger partial charge in [-0.05, 0) is 71.7 Å². The van der Waals surface area contributed by atoms with Crippen LogP contribution in [0.5, 0.6) is 0 Å². The summed E-state index contributed by atoms with van der Waals surface area (Å²) in [7, 11) is 1.85. The first-order valence-corrected chi connectivity index (χ1v) is 9.64. The Kier molecular flexibility index (Phi) is 6.21. The summed E-state index contributed by atoms with van der Waals surface area (Å²) >= 11 is 0. The van der Waals surface area contributed by atoms with Crippen LogP contribution in [-0.2, 0) is 10.0 Å². The quantitative estimate of drug-likeness (QED) is 0.742. The zero-order valence-corrected chi connectivity index (χ0v) is 15.8. The summed E-state index contributed by atoms with van der Waals surface area (Å²) in [6.45, 7) is 2.92. The maximum atomic E-state index is 12.3. The third kappa shape index (κ3) is 5.04. The van der Waals surface area contributed by atoms with E-state index in [0.29, 0.717) is 11.0 Å². The average molecular weight is 367 g/mol. The van der Waals surface area contributed by atoms with Gasteiger partial charge in [-0.15, -0.1) is 0 Å². The molecule has 0 fully saturated rings. The highest BCUT2D eigenvalue weighted by atomic mass is 32.2. The van der Waals surface area contributed by atoms with E-state index in [2.05, 4.69) is 14.9 Å². The monoisotopic (exact) mass is 367 g/mol. The SMILES string of the molecule is CNS(=O)(=O)c1ccc2oc(C(=O)NC(C)CCCN(C)C)cc2c1. The Morgan fingerprint density at radius 2 is 2.00 bits per heavy atom. The summed E-state index contributed by atoms with van der Waals surface area (Å²) in [5.41, 5.74) is 0.473. The summed E-state index contributed by atoms with van der Waals surface area (Å²) in [5.74, 6) is -0.125. The van der Waals surface area contributed by atoms with Crippen molar-refractivity contribution in [3.05, 3.63) is 30.0 Å². The molecule has 1 atom stereocenters. The van der Waals surface area contributed by atoms with Crippen LogP contribution >= 0.6 is 0 Å². The van der Waals surface area contributed by atoms with Gasteiger partial charge in [-0.3, -0.25) is 4.79 Å². The second-order valence-electron chi connectivity index (χ2n) is 6.34. The van der Waals surface area contributed by atoms with Gasteiger partial charge in [0.25, 0.3) is 5.91 Å². The average Bonchev–Trinajstić information content (AvgIpc) is 2.97. The van der Waals surface area contributed by atoms with Crippen molar-refractivity contribution in [1.82, 2.24) is 14.9 Å². The molecule has 0 saturated carbocycles. The molecular weight excluding hydrogens is 342 g/mol. The molecule has 138 valence electrons. The van der Waals surface area contributed by atoms with Gasteiger partial charge in [0.05, 0.1) is 4.90 Å². The van der Waals surface area contributed by atoms with Gasteiger partial charge < -0.3 is 14.6 Å². The predicted octanol–water partition coefficient (Wildman–Crippen LogP) is 1.80. The van der Waals surface area contributed by atoms with Gasteiger partial charge >= 0.3 is 0 Å². The zero-order chi connectivity index (χ0) is 18.6. The Morgan fingerprint density at radius 1 is 1.28 bits per heavy atom. The van der Waals surface area contributed by atoms with Crippen LogP contribution in [0.2, 0.25) is 0 Å². The van der Waals surface area contributed by atoms with Gasteiger partial charge in [0.2, 0.25) is 10.0 Å². The molecule has 0 spiro atoms. The van der Waals surface area contributed by atoms with Crippen molar-refractivity contribution in [1.29, 1.82) is 0 Å². The van der Waals surface area contributed by atoms with Gasteiger partial charge in [-0.2, -0.15) is 0 Å². The molecule has 8 heteroatoms. The summed E-state index contributed by atoms with van der Waals surface area (Å²) in [6.07, 6.45) is 1.86. The number of rotatable bonds is 8. The topological polar surface area (TPSA) is 91.6 Å². The summed E-state index contributed by atoms with van der Waals surface area (Å²) in [5, 5.41) is 3.48. The molecule has 0 saturated heterocycles. The standard InChI is InChI=1S/C17H25N3O4S/c1-12(6-5-9-20(3)4)19-17(21)16-11-13-10-14(25(22,23)18-2)7-8-15(13)24-16/h7-8,10-12,18H,5-6,9H2,1-4H3,(H,19,21). The Hall–Kier alpha value is -1.90. The molecule has 0 radical (unpaired) electrons. The fraction of sp³-hybridized carbons (Fsp3) is 0.471. The predicted molar refractivity (Wildman–Crippen MR) is 97.2 cm³/mol. The maximum absolute atomic E-state index is 12.3. The first-order chi connectivity index (χ1) is 11.7. The largest absolute Gasteiger partial charge is 0.451 e. The van der Waals surface area contributed by atoms with Gasteiger partial charge in [-0.1, -0.05) is 0 Å². The molecule has 0 aliphatic rings. The summed E-state index contributed by atoms with van der Waals surface area (Å²) < 4.78 is 31.5. The molecule has 2 N–H and O–H groups in total. The Morgan fingerprint density at radius 3 is 2.64 bits per heavy atom. The van der Waals surface area contributed by atoms with E-state index in [1.165, 1.54) is 19.2 Å². The zero-order valence-electron chi connectivity index (χ0n) is 15.0. The third-order valence-corrected chi connectivity index (χ3v) is 5.32. The van der Waals surface area contributed by atoms with Crippen LogP contribution < -0.4 is 10.0 Å². The van der Waals surface area contributed by atoms with E-state index < -0.39 is 10.0 Å². The molecule has 1 aromatic carbocycles. The highest BCUT2D eigenvalue weighted by Gasteiger charge is 2.17. The normalized spacial score (nSPS) is 13.3. The van der Waals surface area contributed by atoms with E-state index in [1.807, 2.05) is 21.0 Å². The van der Waals surface area contributed by atoms with Crippen LogP contribution in [0.4, 0.5) is 0 Å². The first-order valence-electron chi connectivity index (χ1n) is 8.15. The minimum absolute atomic E-state index is 0.0286. The number of carbonyl (C=O) groups excluding carboxylic acids is 1. The number of nitrogens with one attached hydrogen (secondary N) is 2. The smallest absolute Gasteiger partial charge is 0.287 e. The van der Waals surface area contributed by atoms with Gasteiger partial charge in [-0.25, -0.2) is 13.1 Å². The molecule has 0 bridgehead atoms. The van der Waals surface area contributed by atoms with Crippen molar-refractivity contribution >= 4 is 26.9 Å². The molecule has 0 aliphatic carbocycles. The number of nitrogens with zero attached hydrogens (tertiary/aromatic N) is 1. The van der Waals surface area contributed by atoms with Crippen LogP contribution in [0.1, 0.15) is 30.3 Å². The van der Waals surface area contributed by atoms with Crippen LogP contribution in [0.25, 0.3) is 11.0 Å². The van der Waals surface area contributed by atoms with Gasteiger partial charge in [0, 0.05) is 11.4 Å². The number of carbonyl (C=O) groups is 1. The van der Waals surface area contributed by atoms with E-state index >= 15 is 0 Å². The molecule has 2 rings (SSSR count). The molecule has 1 heterocycles. The lowest BCUT2D eigenvalue weighted by Gasteiger charge is -2.14. The van der Waals surface area contributed by atoms with Crippen molar-refractivity contribution in [2.24, 2.45) is 0 Å². The van der Waals surface area contributed by atoms with Crippen LogP contribution in [0, 0.1) is 0 Å². The van der Waals surface area contributed by atoms with E-state index in [9.17, 15) is 13.2 Å². The Bertz CT molecular complexity index is 843. The second kappa shape index (κ2) is 7.99. The molecule has 1 aromatic heterocycles. The molecule has 1 amide bonds. The minimum atomic E-state index is -3.53. The fourth-order valence-corrected chi connectivity index (χ4v) is 3.26. The first kappa shape index (κ1) is 19.4. The molecular formula is C17H25N3O4S. The van der Waals surface area contributed by atoms with Crippen LogP contribution in [-0.4, -0.2) is 53.0 Å². The fourth-order valence-electron chi connectivity index (χ4n) is 2.50. The number of amides is 1.